The Morgan fingerprint density at radius 3 is 2.50 bits per heavy atom. The number of carbonyl (C=O) groups excluding carboxylic acids is 2. The zero-order valence-corrected chi connectivity index (χ0v) is 11.3. The van der Waals surface area contributed by atoms with Crippen molar-refractivity contribution in [3.05, 3.63) is 0 Å². The Morgan fingerprint density at radius 1 is 1.39 bits per heavy atom. The van der Waals surface area contributed by atoms with Gasteiger partial charge in [-0.1, -0.05) is 6.92 Å². The Hall–Kier alpha value is -1.14. The van der Waals surface area contributed by atoms with E-state index in [2.05, 4.69) is 4.74 Å². The van der Waals surface area contributed by atoms with E-state index in [0.717, 1.165) is 0 Å². The first kappa shape index (κ1) is 14.9. The van der Waals surface area contributed by atoms with Crippen LogP contribution in [0.2, 0.25) is 0 Å². The first-order chi connectivity index (χ1) is 8.60. The third kappa shape index (κ3) is 3.96. The molecule has 0 saturated carbocycles. The zero-order chi connectivity index (χ0) is 13.5. The summed E-state index contributed by atoms with van der Waals surface area (Å²) in [5, 5.41) is 0. The first-order valence-electron chi connectivity index (χ1n) is 6.27. The van der Waals surface area contributed by atoms with Gasteiger partial charge in [0.25, 0.3) is 0 Å². The van der Waals surface area contributed by atoms with E-state index >= 15 is 0 Å². The number of esters is 1. The summed E-state index contributed by atoms with van der Waals surface area (Å²) in [5.41, 5.74) is 0. The van der Waals surface area contributed by atoms with Crippen molar-refractivity contribution < 1.29 is 19.1 Å². The largest absolute Gasteiger partial charge is 0.468 e. The highest BCUT2D eigenvalue weighted by molar-refractivity contribution is 5.82. The highest BCUT2D eigenvalue weighted by atomic mass is 16.5. The van der Waals surface area contributed by atoms with Gasteiger partial charge in [-0.3, -0.25) is 14.5 Å². The summed E-state index contributed by atoms with van der Waals surface area (Å²) in [6, 6.07) is -0.313. The van der Waals surface area contributed by atoms with E-state index in [1.165, 1.54) is 7.11 Å². The molecule has 1 fully saturated rings. The van der Waals surface area contributed by atoms with Gasteiger partial charge < -0.3 is 14.4 Å². The third-order valence-corrected chi connectivity index (χ3v) is 3.19. The van der Waals surface area contributed by atoms with E-state index in [9.17, 15) is 9.59 Å². The predicted molar refractivity (Wildman–Crippen MR) is 66.1 cm³/mol. The molecule has 0 aromatic rings. The highest BCUT2D eigenvalue weighted by Gasteiger charge is 2.27. The summed E-state index contributed by atoms with van der Waals surface area (Å²) in [4.78, 5) is 27.1. The standard InChI is InChI=1S/C12H22N2O4/c1-4-13(9-11(15)17-3)10(2)12(16)14-5-7-18-8-6-14/h10H,4-9H2,1-3H3. The van der Waals surface area contributed by atoms with Gasteiger partial charge in [0.15, 0.2) is 0 Å². The van der Waals surface area contributed by atoms with Crippen LogP contribution >= 0.6 is 0 Å². The molecule has 6 heteroatoms. The van der Waals surface area contributed by atoms with Crippen molar-refractivity contribution in [2.24, 2.45) is 0 Å². The van der Waals surface area contributed by atoms with Gasteiger partial charge in [-0.2, -0.15) is 0 Å². The molecule has 1 amide bonds. The summed E-state index contributed by atoms with van der Waals surface area (Å²) in [6.07, 6.45) is 0. The van der Waals surface area contributed by atoms with Crippen LogP contribution in [0.4, 0.5) is 0 Å². The Kier molecular flexibility index (Phi) is 6.07. The minimum Gasteiger partial charge on any atom is -0.468 e. The van der Waals surface area contributed by atoms with Crippen molar-refractivity contribution in [3.8, 4) is 0 Å². The molecule has 0 spiro atoms. The number of hydrogen-bond acceptors (Lipinski definition) is 5. The number of rotatable bonds is 5. The summed E-state index contributed by atoms with van der Waals surface area (Å²) < 4.78 is 9.85. The van der Waals surface area contributed by atoms with Crippen LogP contribution in [0.3, 0.4) is 0 Å². The fourth-order valence-electron chi connectivity index (χ4n) is 1.96. The number of ether oxygens (including phenoxy) is 2. The molecule has 104 valence electrons. The summed E-state index contributed by atoms with van der Waals surface area (Å²) >= 11 is 0. The number of nitrogens with zero attached hydrogens (tertiary/aromatic N) is 2. The van der Waals surface area contributed by atoms with E-state index in [1.54, 1.807) is 4.90 Å². The van der Waals surface area contributed by atoms with Gasteiger partial charge in [-0.15, -0.1) is 0 Å². The number of likely N-dealkylation sites (N-methyl/N-ethyl adjacent to an activating group) is 1. The van der Waals surface area contributed by atoms with Gasteiger partial charge in [0.05, 0.1) is 32.9 Å². The van der Waals surface area contributed by atoms with E-state index in [4.69, 9.17) is 4.74 Å². The van der Waals surface area contributed by atoms with Crippen molar-refractivity contribution in [3.63, 3.8) is 0 Å². The van der Waals surface area contributed by atoms with E-state index in [1.807, 2.05) is 18.7 Å². The van der Waals surface area contributed by atoms with Crippen molar-refractivity contribution in [2.45, 2.75) is 19.9 Å². The van der Waals surface area contributed by atoms with Gasteiger partial charge in [-0.05, 0) is 13.5 Å². The van der Waals surface area contributed by atoms with Crippen molar-refractivity contribution >= 4 is 11.9 Å². The Bertz CT molecular complexity index is 290. The van der Waals surface area contributed by atoms with Crippen molar-refractivity contribution in [1.82, 2.24) is 9.80 Å². The lowest BCUT2D eigenvalue weighted by atomic mass is 10.2. The lowest BCUT2D eigenvalue weighted by Crippen LogP contribution is -2.51. The number of amides is 1. The molecule has 1 aliphatic heterocycles. The molecule has 1 atom stereocenters. The van der Waals surface area contributed by atoms with Gasteiger partial charge >= 0.3 is 5.97 Å². The SMILES string of the molecule is CCN(CC(=O)OC)C(C)C(=O)N1CCOCC1. The predicted octanol–water partition coefficient (Wildman–Crippen LogP) is -0.271. The molecular weight excluding hydrogens is 236 g/mol. The van der Waals surface area contributed by atoms with E-state index in [-0.39, 0.29) is 24.5 Å². The van der Waals surface area contributed by atoms with Crippen LogP contribution in [-0.2, 0) is 19.1 Å². The normalized spacial score (nSPS) is 17.7. The second kappa shape index (κ2) is 7.33. The average molecular weight is 258 g/mol. The maximum atomic E-state index is 12.2. The molecule has 0 N–H and O–H groups in total. The highest BCUT2D eigenvalue weighted by Crippen LogP contribution is 2.06. The number of morpholine rings is 1. The smallest absolute Gasteiger partial charge is 0.319 e. The van der Waals surface area contributed by atoms with E-state index < -0.39 is 0 Å². The number of hydrogen-bond donors (Lipinski definition) is 0. The molecule has 1 unspecified atom stereocenters. The fraction of sp³-hybridized carbons (Fsp3) is 0.833. The molecule has 0 aromatic heterocycles. The molecule has 6 nitrogen and oxygen atoms in total. The van der Waals surface area contributed by atoms with Crippen LogP contribution in [0, 0.1) is 0 Å². The molecule has 0 radical (unpaired) electrons. The summed E-state index contributed by atoms with van der Waals surface area (Å²) in [7, 11) is 1.35. The molecule has 1 heterocycles. The van der Waals surface area contributed by atoms with Crippen molar-refractivity contribution in [1.29, 1.82) is 0 Å². The Balaban J connectivity index is 2.55. The van der Waals surface area contributed by atoms with Crippen molar-refractivity contribution in [2.75, 3.05) is 46.5 Å². The Labute approximate surface area is 108 Å². The molecule has 1 rings (SSSR count). The Morgan fingerprint density at radius 2 is 2.00 bits per heavy atom. The first-order valence-corrected chi connectivity index (χ1v) is 6.27. The number of methoxy groups -OCH3 is 1. The molecule has 1 aliphatic rings. The van der Waals surface area contributed by atoms with Gasteiger partial charge in [0, 0.05) is 13.1 Å². The van der Waals surface area contributed by atoms with Crippen LogP contribution in [0.15, 0.2) is 0 Å². The molecule has 0 bridgehead atoms. The van der Waals surface area contributed by atoms with Crippen LogP contribution in [-0.4, -0.2) is 74.2 Å². The van der Waals surface area contributed by atoms with Gasteiger partial charge in [-0.25, -0.2) is 0 Å². The second-order valence-electron chi connectivity index (χ2n) is 4.25. The molecule has 18 heavy (non-hydrogen) atoms. The van der Waals surface area contributed by atoms with E-state index in [0.29, 0.717) is 32.8 Å². The molecule has 0 aliphatic carbocycles. The van der Waals surface area contributed by atoms with Crippen LogP contribution in [0.1, 0.15) is 13.8 Å². The van der Waals surface area contributed by atoms with Crippen LogP contribution in [0.5, 0.6) is 0 Å². The minimum atomic E-state index is -0.321. The second-order valence-corrected chi connectivity index (χ2v) is 4.25. The van der Waals surface area contributed by atoms with Gasteiger partial charge in [0.2, 0.25) is 5.91 Å². The fourth-order valence-corrected chi connectivity index (χ4v) is 1.96. The quantitative estimate of drug-likeness (QED) is 0.635. The lowest BCUT2D eigenvalue weighted by molar-refractivity contribution is -0.146. The molecule has 0 aromatic carbocycles. The summed E-state index contributed by atoms with van der Waals surface area (Å²) in [5.74, 6) is -0.275. The molecule has 1 saturated heterocycles. The van der Waals surface area contributed by atoms with Gasteiger partial charge in [0.1, 0.15) is 0 Å². The third-order valence-electron chi connectivity index (χ3n) is 3.19. The maximum absolute atomic E-state index is 12.2. The summed E-state index contributed by atoms with van der Waals surface area (Å²) in [6.45, 7) is 6.94. The average Bonchev–Trinajstić information content (AvgIpc) is 2.43. The topological polar surface area (TPSA) is 59.1 Å². The van der Waals surface area contributed by atoms with Crippen LogP contribution < -0.4 is 0 Å². The zero-order valence-electron chi connectivity index (χ0n) is 11.3. The molecular formula is C12H22N2O4. The minimum absolute atomic E-state index is 0.0454. The maximum Gasteiger partial charge on any atom is 0.319 e. The van der Waals surface area contributed by atoms with Crippen LogP contribution in [0.25, 0.3) is 0 Å². The number of carbonyl (C=O) groups is 2. The monoisotopic (exact) mass is 258 g/mol. The lowest BCUT2D eigenvalue weighted by Gasteiger charge is -2.33.